The molecular formula is C10H15NOS. The van der Waals surface area contributed by atoms with Crippen LogP contribution in [-0.4, -0.2) is 6.61 Å². The zero-order valence-corrected chi connectivity index (χ0v) is 8.64. The average Bonchev–Trinajstić information content (AvgIpc) is 2.19. The third-order valence-corrected chi connectivity index (χ3v) is 2.27. The standard InChI is InChI=1S/C10H15NOS/c1-2-3-8-12-9-4-6-10(13-11)7-5-9/h4-7H,2-3,8,11H2,1H3. The lowest BCUT2D eigenvalue weighted by Crippen LogP contribution is -1.95. The molecule has 2 N–H and O–H groups in total. The monoisotopic (exact) mass is 197 g/mol. The summed E-state index contributed by atoms with van der Waals surface area (Å²) in [4.78, 5) is 1.06. The van der Waals surface area contributed by atoms with Crippen molar-refractivity contribution < 1.29 is 4.74 Å². The van der Waals surface area contributed by atoms with Crippen molar-refractivity contribution in [1.82, 2.24) is 0 Å². The molecule has 0 unspecified atom stereocenters. The van der Waals surface area contributed by atoms with Gasteiger partial charge in [-0.25, -0.2) is 0 Å². The molecule has 13 heavy (non-hydrogen) atoms. The fraction of sp³-hybridized carbons (Fsp3) is 0.400. The second-order valence-electron chi connectivity index (χ2n) is 2.79. The number of benzene rings is 1. The van der Waals surface area contributed by atoms with Gasteiger partial charge < -0.3 is 4.74 Å². The first-order chi connectivity index (χ1) is 6.36. The summed E-state index contributed by atoms with van der Waals surface area (Å²) in [5, 5.41) is 5.40. The van der Waals surface area contributed by atoms with Crippen LogP contribution in [0.2, 0.25) is 0 Å². The summed E-state index contributed by atoms with van der Waals surface area (Å²) in [6.45, 7) is 2.95. The van der Waals surface area contributed by atoms with E-state index in [2.05, 4.69) is 6.92 Å². The topological polar surface area (TPSA) is 35.2 Å². The van der Waals surface area contributed by atoms with E-state index in [1.54, 1.807) is 0 Å². The molecule has 2 nitrogen and oxygen atoms in total. The number of ether oxygens (including phenoxy) is 1. The quantitative estimate of drug-likeness (QED) is 0.582. The zero-order chi connectivity index (χ0) is 9.52. The van der Waals surface area contributed by atoms with Crippen LogP contribution in [0.25, 0.3) is 0 Å². The lowest BCUT2D eigenvalue weighted by Gasteiger charge is -2.04. The predicted molar refractivity (Wildman–Crippen MR) is 56.9 cm³/mol. The fourth-order valence-corrected chi connectivity index (χ4v) is 1.24. The molecule has 0 aliphatic heterocycles. The van der Waals surface area contributed by atoms with E-state index in [1.807, 2.05) is 24.3 Å². The van der Waals surface area contributed by atoms with Gasteiger partial charge in [0.2, 0.25) is 0 Å². The van der Waals surface area contributed by atoms with Crippen molar-refractivity contribution in [2.45, 2.75) is 24.7 Å². The molecule has 0 spiro atoms. The van der Waals surface area contributed by atoms with E-state index in [4.69, 9.17) is 9.88 Å². The van der Waals surface area contributed by atoms with Crippen LogP contribution in [0.3, 0.4) is 0 Å². The van der Waals surface area contributed by atoms with E-state index in [9.17, 15) is 0 Å². The molecule has 72 valence electrons. The molecule has 0 aromatic heterocycles. The van der Waals surface area contributed by atoms with Crippen LogP contribution in [0.5, 0.6) is 5.75 Å². The van der Waals surface area contributed by atoms with Crippen molar-refractivity contribution in [2.75, 3.05) is 6.61 Å². The van der Waals surface area contributed by atoms with Crippen LogP contribution < -0.4 is 9.88 Å². The lowest BCUT2D eigenvalue weighted by molar-refractivity contribution is 0.309. The van der Waals surface area contributed by atoms with E-state index < -0.39 is 0 Å². The number of rotatable bonds is 5. The van der Waals surface area contributed by atoms with Gasteiger partial charge in [0.1, 0.15) is 5.75 Å². The van der Waals surface area contributed by atoms with Gasteiger partial charge in [0.25, 0.3) is 0 Å². The Labute approximate surface area is 83.6 Å². The predicted octanol–water partition coefficient (Wildman–Crippen LogP) is 2.83. The SMILES string of the molecule is CCCCOc1ccc(SN)cc1. The van der Waals surface area contributed by atoms with Gasteiger partial charge in [-0.3, -0.25) is 5.14 Å². The number of nitrogens with two attached hydrogens (primary N) is 1. The molecule has 0 bridgehead atoms. The normalized spacial score (nSPS) is 10.0. The Morgan fingerprint density at radius 3 is 2.54 bits per heavy atom. The first-order valence-corrected chi connectivity index (χ1v) is 5.34. The molecule has 0 fully saturated rings. The maximum Gasteiger partial charge on any atom is 0.119 e. The van der Waals surface area contributed by atoms with Crippen LogP contribution in [0, 0.1) is 0 Å². The molecule has 0 heterocycles. The van der Waals surface area contributed by atoms with Gasteiger partial charge in [-0.05, 0) is 42.6 Å². The molecule has 0 saturated carbocycles. The highest BCUT2D eigenvalue weighted by atomic mass is 32.2. The summed E-state index contributed by atoms with van der Waals surface area (Å²) in [5.41, 5.74) is 0. The molecular weight excluding hydrogens is 182 g/mol. The minimum atomic E-state index is 0.797. The van der Waals surface area contributed by atoms with Crippen LogP contribution in [0.1, 0.15) is 19.8 Å². The third-order valence-electron chi connectivity index (χ3n) is 1.73. The minimum absolute atomic E-state index is 0.797. The summed E-state index contributed by atoms with van der Waals surface area (Å²) in [5.74, 6) is 0.922. The van der Waals surface area contributed by atoms with Gasteiger partial charge in [-0.2, -0.15) is 0 Å². The summed E-state index contributed by atoms with van der Waals surface area (Å²) in [7, 11) is 0. The van der Waals surface area contributed by atoms with E-state index in [0.29, 0.717) is 0 Å². The van der Waals surface area contributed by atoms with Crippen molar-refractivity contribution in [3.8, 4) is 5.75 Å². The molecule has 0 amide bonds. The summed E-state index contributed by atoms with van der Waals surface area (Å²) in [6.07, 6.45) is 2.27. The molecule has 1 aromatic carbocycles. The first-order valence-electron chi connectivity index (χ1n) is 4.46. The molecule has 1 aromatic rings. The van der Waals surface area contributed by atoms with Crippen molar-refractivity contribution >= 4 is 11.9 Å². The molecule has 1 rings (SSSR count). The number of unbranched alkanes of at least 4 members (excludes halogenated alkanes) is 1. The van der Waals surface area contributed by atoms with Crippen molar-refractivity contribution in [3.05, 3.63) is 24.3 Å². The first kappa shape index (κ1) is 10.4. The molecule has 0 saturated heterocycles. The highest BCUT2D eigenvalue weighted by Gasteiger charge is 1.93. The smallest absolute Gasteiger partial charge is 0.119 e. The van der Waals surface area contributed by atoms with Crippen LogP contribution in [0.4, 0.5) is 0 Å². The number of hydrogen-bond acceptors (Lipinski definition) is 3. The minimum Gasteiger partial charge on any atom is -0.494 e. The highest BCUT2D eigenvalue weighted by molar-refractivity contribution is 7.97. The van der Waals surface area contributed by atoms with Crippen molar-refractivity contribution in [3.63, 3.8) is 0 Å². The Balaban J connectivity index is 2.40. The molecule has 0 aliphatic carbocycles. The molecule has 0 aliphatic rings. The Morgan fingerprint density at radius 1 is 1.31 bits per heavy atom. The van der Waals surface area contributed by atoms with Gasteiger partial charge >= 0.3 is 0 Å². The van der Waals surface area contributed by atoms with E-state index in [1.165, 1.54) is 11.9 Å². The number of hydrogen-bond donors (Lipinski definition) is 1. The Kier molecular flexibility index (Phi) is 4.72. The van der Waals surface area contributed by atoms with E-state index >= 15 is 0 Å². The molecule has 3 heteroatoms. The Hall–Kier alpha value is -0.670. The van der Waals surface area contributed by atoms with Gasteiger partial charge in [0.05, 0.1) is 6.61 Å². The average molecular weight is 197 g/mol. The fourth-order valence-electron chi connectivity index (χ4n) is 0.949. The largest absolute Gasteiger partial charge is 0.494 e. The lowest BCUT2D eigenvalue weighted by atomic mass is 10.3. The van der Waals surface area contributed by atoms with Crippen LogP contribution in [0.15, 0.2) is 29.2 Å². The summed E-state index contributed by atoms with van der Waals surface area (Å²) < 4.78 is 5.50. The van der Waals surface area contributed by atoms with Crippen molar-refractivity contribution in [1.29, 1.82) is 0 Å². The third kappa shape index (κ3) is 3.70. The van der Waals surface area contributed by atoms with Gasteiger partial charge in [-0.15, -0.1) is 0 Å². The highest BCUT2D eigenvalue weighted by Crippen LogP contribution is 2.17. The van der Waals surface area contributed by atoms with Gasteiger partial charge in [0, 0.05) is 4.90 Å². The Bertz CT molecular complexity index is 235. The Morgan fingerprint density at radius 2 is 2.00 bits per heavy atom. The zero-order valence-electron chi connectivity index (χ0n) is 7.82. The van der Waals surface area contributed by atoms with Crippen molar-refractivity contribution in [2.24, 2.45) is 5.14 Å². The van der Waals surface area contributed by atoms with Crippen LogP contribution in [-0.2, 0) is 0 Å². The second kappa shape index (κ2) is 5.89. The van der Waals surface area contributed by atoms with Crippen LogP contribution >= 0.6 is 11.9 Å². The van der Waals surface area contributed by atoms with Gasteiger partial charge in [-0.1, -0.05) is 13.3 Å². The van der Waals surface area contributed by atoms with E-state index in [-0.39, 0.29) is 0 Å². The van der Waals surface area contributed by atoms with E-state index in [0.717, 1.165) is 30.1 Å². The molecule has 0 radical (unpaired) electrons. The molecule has 0 atom stereocenters. The maximum absolute atomic E-state index is 5.50. The summed E-state index contributed by atoms with van der Waals surface area (Å²) in [6, 6.07) is 7.83. The van der Waals surface area contributed by atoms with Gasteiger partial charge in [0.15, 0.2) is 0 Å². The second-order valence-corrected chi connectivity index (χ2v) is 3.50. The maximum atomic E-state index is 5.50. The summed E-state index contributed by atoms with van der Waals surface area (Å²) >= 11 is 1.25.